The highest BCUT2D eigenvalue weighted by Gasteiger charge is 2.32. The van der Waals surface area contributed by atoms with E-state index in [2.05, 4.69) is 24.2 Å². The molecular weight excluding hydrogens is 258 g/mol. The summed E-state index contributed by atoms with van der Waals surface area (Å²) in [6, 6.07) is 9.54. The molecule has 1 amide bonds. The Morgan fingerprint density at radius 1 is 1.32 bits per heavy atom. The molecule has 0 aromatic heterocycles. The Morgan fingerprint density at radius 2 is 1.89 bits per heavy atom. The van der Waals surface area contributed by atoms with Gasteiger partial charge in [0.1, 0.15) is 6.04 Å². The highest BCUT2D eigenvalue weighted by atomic mass is 32.2. The summed E-state index contributed by atoms with van der Waals surface area (Å²) in [5, 5.41) is 1.06. The van der Waals surface area contributed by atoms with E-state index in [1.165, 1.54) is 0 Å². The number of amides is 1. The molecule has 0 saturated carbocycles. The Labute approximate surface area is 118 Å². The van der Waals surface area contributed by atoms with Crippen LogP contribution in [0.2, 0.25) is 0 Å². The van der Waals surface area contributed by atoms with E-state index in [1.54, 1.807) is 0 Å². The van der Waals surface area contributed by atoms with Gasteiger partial charge in [-0.2, -0.15) is 11.8 Å². The Bertz CT molecular complexity index is 416. The minimum absolute atomic E-state index is 0.141. The number of rotatable bonds is 3. The average Bonchev–Trinajstić information content (AvgIpc) is 2.39. The summed E-state index contributed by atoms with van der Waals surface area (Å²) < 4.78 is 0. The van der Waals surface area contributed by atoms with Crippen LogP contribution in [-0.4, -0.2) is 34.4 Å². The van der Waals surface area contributed by atoms with Crippen LogP contribution in [0.4, 0.5) is 0 Å². The maximum atomic E-state index is 12.1. The van der Waals surface area contributed by atoms with E-state index >= 15 is 0 Å². The highest BCUT2D eigenvalue weighted by Crippen LogP contribution is 2.31. The normalized spacial score (nSPS) is 25.8. The molecule has 1 aliphatic heterocycles. The van der Waals surface area contributed by atoms with Crippen molar-refractivity contribution >= 4 is 17.7 Å². The number of nitrogens with two attached hydrogens (primary N) is 1. The molecule has 1 saturated heterocycles. The number of benzene rings is 1. The van der Waals surface area contributed by atoms with Crippen molar-refractivity contribution in [2.24, 2.45) is 5.84 Å². The van der Waals surface area contributed by atoms with Gasteiger partial charge in [-0.1, -0.05) is 44.2 Å². The fraction of sp³-hybridized carbons (Fsp3) is 0.500. The first kappa shape index (κ1) is 14.4. The van der Waals surface area contributed by atoms with E-state index in [0.717, 1.165) is 18.7 Å². The summed E-state index contributed by atoms with van der Waals surface area (Å²) in [7, 11) is 0. The molecule has 1 aromatic rings. The quantitative estimate of drug-likeness (QED) is 0.501. The number of nitrogens with one attached hydrogen (secondary N) is 1. The van der Waals surface area contributed by atoms with Crippen LogP contribution in [0.25, 0.3) is 0 Å². The number of hydrazine groups is 1. The number of hydrogen-bond acceptors (Lipinski definition) is 4. The second kappa shape index (κ2) is 6.41. The molecule has 0 radical (unpaired) electrons. The van der Waals surface area contributed by atoms with Crippen LogP contribution >= 0.6 is 11.8 Å². The second-order valence-electron chi connectivity index (χ2n) is 5.03. The molecule has 1 heterocycles. The van der Waals surface area contributed by atoms with Gasteiger partial charge >= 0.3 is 0 Å². The third-order valence-corrected chi connectivity index (χ3v) is 4.55. The smallest absolute Gasteiger partial charge is 0.255 e. The van der Waals surface area contributed by atoms with Gasteiger partial charge in [0, 0.05) is 23.6 Å². The third-order valence-electron chi connectivity index (χ3n) is 3.32. The minimum atomic E-state index is -0.294. The van der Waals surface area contributed by atoms with Crippen molar-refractivity contribution < 1.29 is 4.79 Å². The first-order valence-electron chi connectivity index (χ1n) is 6.56. The Hall–Kier alpha value is -1.04. The molecule has 3 unspecified atom stereocenters. The minimum Gasteiger partial charge on any atom is -0.293 e. The zero-order chi connectivity index (χ0) is 13.8. The number of carbonyl (C=O) groups excluding carboxylic acids is 1. The molecule has 1 aliphatic rings. The van der Waals surface area contributed by atoms with E-state index in [-0.39, 0.29) is 11.9 Å². The summed E-state index contributed by atoms with van der Waals surface area (Å²) in [4.78, 5) is 14.4. The van der Waals surface area contributed by atoms with Crippen LogP contribution < -0.4 is 11.3 Å². The number of nitrogens with zero attached hydrogens (tertiary/aromatic N) is 1. The third kappa shape index (κ3) is 3.49. The van der Waals surface area contributed by atoms with Crippen LogP contribution in [-0.2, 0) is 4.79 Å². The maximum Gasteiger partial charge on any atom is 0.255 e. The van der Waals surface area contributed by atoms with Crippen LogP contribution in [0, 0.1) is 0 Å². The van der Waals surface area contributed by atoms with Gasteiger partial charge in [-0.05, 0) is 5.56 Å². The molecule has 4 nitrogen and oxygen atoms in total. The Balaban J connectivity index is 2.25. The summed E-state index contributed by atoms with van der Waals surface area (Å²) in [6.07, 6.45) is 0. The fourth-order valence-corrected chi connectivity index (χ4v) is 4.02. The molecular formula is C14H21N3OS. The molecule has 3 N–H and O–H groups in total. The van der Waals surface area contributed by atoms with Gasteiger partial charge in [-0.3, -0.25) is 15.1 Å². The summed E-state index contributed by atoms with van der Waals surface area (Å²) in [5.74, 6) is 5.21. The molecule has 1 fully saturated rings. The standard InChI is InChI=1S/C14H21N3OS/c1-10-8-17(9-11(2)19-10)13(14(18)16-15)12-6-4-3-5-7-12/h3-7,10-11,13H,8-9,15H2,1-2H3,(H,16,18). The molecule has 3 atom stereocenters. The number of hydrogen-bond donors (Lipinski definition) is 2. The molecule has 0 spiro atoms. The zero-order valence-corrected chi connectivity index (χ0v) is 12.2. The van der Waals surface area contributed by atoms with Crippen molar-refractivity contribution in [1.82, 2.24) is 10.3 Å². The molecule has 19 heavy (non-hydrogen) atoms. The lowest BCUT2D eigenvalue weighted by Gasteiger charge is -2.39. The Kier molecular flexibility index (Phi) is 4.85. The summed E-state index contributed by atoms with van der Waals surface area (Å²) in [5.41, 5.74) is 3.30. The summed E-state index contributed by atoms with van der Waals surface area (Å²) in [6.45, 7) is 6.22. The van der Waals surface area contributed by atoms with Crippen LogP contribution in [0.1, 0.15) is 25.5 Å². The fourth-order valence-electron chi connectivity index (χ4n) is 2.67. The van der Waals surface area contributed by atoms with Gasteiger partial charge in [0.2, 0.25) is 0 Å². The van der Waals surface area contributed by atoms with Crippen LogP contribution in [0.5, 0.6) is 0 Å². The Morgan fingerprint density at radius 3 is 2.42 bits per heavy atom. The molecule has 2 rings (SSSR count). The van der Waals surface area contributed by atoms with E-state index < -0.39 is 0 Å². The van der Waals surface area contributed by atoms with E-state index in [4.69, 9.17) is 5.84 Å². The van der Waals surface area contributed by atoms with Crippen molar-refractivity contribution in [3.8, 4) is 0 Å². The lowest BCUT2D eigenvalue weighted by atomic mass is 10.0. The lowest BCUT2D eigenvalue weighted by molar-refractivity contribution is -0.126. The van der Waals surface area contributed by atoms with E-state index in [0.29, 0.717) is 10.5 Å². The molecule has 104 valence electrons. The van der Waals surface area contributed by atoms with Gasteiger partial charge in [0.25, 0.3) is 5.91 Å². The van der Waals surface area contributed by atoms with E-state index in [1.807, 2.05) is 42.1 Å². The zero-order valence-electron chi connectivity index (χ0n) is 11.4. The lowest BCUT2D eigenvalue weighted by Crippen LogP contribution is -2.49. The second-order valence-corrected chi connectivity index (χ2v) is 6.91. The van der Waals surface area contributed by atoms with Crippen molar-refractivity contribution in [3.05, 3.63) is 35.9 Å². The average molecular weight is 279 g/mol. The molecule has 0 bridgehead atoms. The van der Waals surface area contributed by atoms with Gasteiger partial charge in [-0.25, -0.2) is 5.84 Å². The summed E-state index contributed by atoms with van der Waals surface area (Å²) >= 11 is 1.97. The molecule has 5 heteroatoms. The van der Waals surface area contributed by atoms with Crippen molar-refractivity contribution in [1.29, 1.82) is 0 Å². The van der Waals surface area contributed by atoms with Gasteiger partial charge in [-0.15, -0.1) is 0 Å². The number of thioether (sulfide) groups is 1. The van der Waals surface area contributed by atoms with Gasteiger partial charge in [0.05, 0.1) is 0 Å². The van der Waals surface area contributed by atoms with E-state index in [9.17, 15) is 4.79 Å². The van der Waals surface area contributed by atoms with Gasteiger partial charge in [0.15, 0.2) is 0 Å². The SMILES string of the molecule is CC1CN(C(C(=O)NN)c2ccccc2)CC(C)S1. The first-order valence-corrected chi connectivity index (χ1v) is 7.51. The highest BCUT2D eigenvalue weighted by molar-refractivity contribution is 8.00. The number of carbonyl (C=O) groups is 1. The first-order chi connectivity index (χ1) is 9.11. The largest absolute Gasteiger partial charge is 0.293 e. The van der Waals surface area contributed by atoms with Gasteiger partial charge < -0.3 is 0 Å². The van der Waals surface area contributed by atoms with Crippen LogP contribution in [0.15, 0.2) is 30.3 Å². The molecule has 1 aromatic carbocycles. The monoisotopic (exact) mass is 279 g/mol. The van der Waals surface area contributed by atoms with Crippen molar-refractivity contribution in [2.75, 3.05) is 13.1 Å². The topological polar surface area (TPSA) is 58.4 Å². The maximum absolute atomic E-state index is 12.1. The van der Waals surface area contributed by atoms with Crippen molar-refractivity contribution in [3.63, 3.8) is 0 Å². The predicted molar refractivity (Wildman–Crippen MR) is 79.6 cm³/mol. The predicted octanol–water partition coefficient (Wildman–Crippen LogP) is 1.54. The van der Waals surface area contributed by atoms with Crippen molar-refractivity contribution in [2.45, 2.75) is 30.4 Å². The molecule has 0 aliphatic carbocycles. The van der Waals surface area contributed by atoms with Crippen LogP contribution in [0.3, 0.4) is 0 Å².